The molecule has 0 aliphatic rings. The fourth-order valence-corrected chi connectivity index (χ4v) is 1.78. The Bertz CT molecular complexity index is 180. The van der Waals surface area contributed by atoms with E-state index in [1.807, 2.05) is 0 Å². The molecule has 0 aromatic carbocycles. The van der Waals surface area contributed by atoms with Crippen molar-refractivity contribution in [2.45, 2.75) is 58.6 Å². The van der Waals surface area contributed by atoms with Crippen LogP contribution in [0.25, 0.3) is 0 Å². The molecule has 110 valence electrons. The molecule has 0 radical (unpaired) electrons. The maximum absolute atomic E-state index is 5.74. The zero-order valence-electron chi connectivity index (χ0n) is 12.7. The van der Waals surface area contributed by atoms with Gasteiger partial charge in [0.05, 0.1) is 5.60 Å². The normalized spacial score (nSPS) is 13.8. The molecule has 0 rings (SSSR count). The van der Waals surface area contributed by atoms with Crippen molar-refractivity contribution in [1.29, 1.82) is 0 Å². The van der Waals surface area contributed by atoms with Gasteiger partial charge in [-0.2, -0.15) is 0 Å². The molecule has 1 atom stereocenters. The van der Waals surface area contributed by atoms with Crippen LogP contribution in [0.15, 0.2) is 0 Å². The lowest BCUT2D eigenvalue weighted by Crippen LogP contribution is -2.39. The molecule has 0 aromatic heterocycles. The molecule has 0 fully saturated rings. The van der Waals surface area contributed by atoms with Gasteiger partial charge in [0.15, 0.2) is 0 Å². The molecule has 0 spiro atoms. The van der Waals surface area contributed by atoms with Gasteiger partial charge in [-0.25, -0.2) is 0 Å². The van der Waals surface area contributed by atoms with Crippen molar-refractivity contribution >= 4 is 0 Å². The minimum atomic E-state index is -0.0208. The molecule has 4 nitrogen and oxygen atoms in total. The van der Waals surface area contributed by atoms with Crippen LogP contribution >= 0.6 is 0 Å². The van der Waals surface area contributed by atoms with Crippen molar-refractivity contribution in [2.75, 3.05) is 32.8 Å². The zero-order chi connectivity index (χ0) is 13.9. The number of nitrogens with one attached hydrogen (secondary N) is 2. The molecular formula is C14H33N3O. The fraction of sp³-hybridized carbons (Fsp3) is 1.00. The average molecular weight is 259 g/mol. The first-order chi connectivity index (χ1) is 8.49. The van der Waals surface area contributed by atoms with Crippen molar-refractivity contribution in [3.63, 3.8) is 0 Å². The van der Waals surface area contributed by atoms with Gasteiger partial charge in [-0.1, -0.05) is 6.92 Å². The van der Waals surface area contributed by atoms with Crippen LogP contribution in [0.1, 0.15) is 47.0 Å². The highest BCUT2D eigenvalue weighted by molar-refractivity contribution is 4.69. The predicted octanol–water partition coefficient (Wildman–Crippen LogP) is 1.50. The van der Waals surface area contributed by atoms with E-state index in [4.69, 9.17) is 10.5 Å². The molecule has 4 N–H and O–H groups in total. The van der Waals surface area contributed by atoms with Gasteiger partial charge >= 0.3 is 0 Å². The lowest BCUT2D eigenvalue weighted by Gasteiger charge is -2.22. The summed E-state index contributed by atoms with van der Waals surface area (Å²) in [5.41, 5.74) is 5.45. The molecule has 0 aliphatic heterocycles. The van der Waals surface area contributed by atoms with E-state index in [1.54, 1.807) is 0 Å². The zero-order valence-corrected chi connectivity index (χ0v) is 12.7. The molecule has 0 aliphatic carbocycles. The highest BCUT2D eigenvalue weighted by Crippen LogP contribution is 2.08. The maximum Gasteiger partial charge on any atom is 0.0598 e. The molecule has 0 saturated heterocycles. The second-order valence-corrected chi connectivity index (χ2v) is 5.70. The Hall–Kier alpha value is -0.160. The van der Waals surface area contributed by atoms with Gasteiger partial charge in [0.1, 0.15) is 0 Å². The number of nitrogens with two attached hydrogens (primary N) is 1. The van der Waals surface area contributed by atoms with Crippen molar-refractivity contribution in [1.82, 2.24) is 10.6 Å². The molecule has 0 unspecified atom stereocenters. The highest BCUT2D eigenvalue weighted by Gasteiger charge is 2.11. The topological polar surface area (TPSA) is 59.3 Å². The van der Waals surface area contributed by atoms with E-state index in [0.717, 1.165) is 52.0 Å². The number of ether oxygens (including phenoxy) is 1. The third-order valence-electron chi connectivity index (χ3n) is 2.67. The molecule has 4 heteroatoms. The Balaban J connectivity index is 3.62. The first-order valence-electron chi connectivity index (χ1n) is 7.27. The molecule has 0 saturated carbocycles. The van der Waals surface area contributed by atoms with Gasteiger partial charge in [0.25, 0.3) is 0 Å². The fourth-order valence-electron chi connectivity index (χ4n) is 1.78. The smallest absolute Gasteiger partial charge is 0.0598 e. The minimum Gasteiger partial charge on any atom is -0.376 e. The lowest BCUT2D eigenvalue weighted by molar-refractivity contribution is -0.00535. The average Bonchev–Trinajstić information content (AvgIpc) is 2.28. The van der Waals surface area contributed by atoms with E-state index in [0.29, 0.717) is 6.04 Å². The van der Waals surface area contributed by atoms with Crippen LogP contribution in [0.3, 0.4) is 0 Å². The lowest BCUT2D eigenvalue weighted by atomic mass is 10.1. The second-order valence-electron chi connectivity index (χ2n) is 5.70. The summed E-state index contributed by atoms with van der Waals surface area (Å²) in [6.45, 7) is 13.1. The summed E-state index contributed by atoms with van der Waals surface area (Å²) in [6, 6.07) is 0.538. The van der Waals surface area contributed by atoms with E-state index in [9.17, 15) is 0 Å². The monoisotopic (exact) mass is 259 g/mol. The Kier molecular flexibility index (Phi) is 10.6. The van der Waals surface area contributed by atoms with Gasteiger partial charge in [-0.05, 0) is 59.7 Å². The third kappa shape index (κ3) is 12.3. The van der Waals surface area contributed by atoms with E-state index in [-0.39, 0.29) is 5.60 Å². The minimum absolute atomic E-state index is 0.0208. The highest BCUT2D eigenvalue weighted by atomic mass is 16.5. The first kappa shape index (κ1) is 17.8. The molecule has 0 amide bonds. The van der Waals surface area contributed by atoms with Crippen LogP contribution in [-0.2, 0) is 4.74 Å². The second kappa shape index (κ2) is 10.7. The first-order valence-corrected chi connectivity index (χ1v) is 7.27. The van der Waals surface area contributed by atoms with Crippen molar-refractivity contribution in [3.05, 3.63) is 0 Å². The summed E-state index contributed by atoms with van der Waals surface area (Å²) in [4.78, 5) is 0. The van der Waals surface area contributed by atoms with Gasteiger partial charge in [-0.15, -0.1) is 0 Å². The number of hydrogen-bond acceptors (Lipinski definition) is 4. The van der Waals surface area contributed by atoms with Crippen LogP contribution in [0.2, 0.25) is 0 Å². The standard InChI is InChI=1S/C14H33N3O/c1-5-17-13(12-16-10-7-9-15)8-6-11-18-14(2,3)4/h13,16-17H,5-12,15H2,1-4H3/t13-/m0/s1. The van der Waals surface area contributed by atoms with Gasteiger partial charge in [0, 0.05) is 19.2 Å². The summed E-state index contributed by atoms with van der Waals surface area (Å²) in [5, 5.41) is 6.95. The van der Waals surface area contributed by atoms with E-state index >= 15 is 0 Å². The van der Waals surface area contributed by atoms with Crippen LogP contribution in [0.4, 0.5) is 0 Å². The number of likely N-dealkylation sites (N-methyl/N-ethyl adjacent to an activating group) is 1. The SMILES string of the molecule is CCN[C@@H](CCCOC(C)(C)C)CNCCCN. The molecule has 0 aromatic rings. The summed E-state index contributed by atoms with van der Waals surface area (Å²) < 4.78 is 5.74. The van der Waals surface area contributed by atoms with Gasteiger partial charge in [0.2, 0.25) is 0 Å². The third-order valence-corrected chi connectivity index (χ3v) is 2.67. The molecule has 0 heterocycles. The maximum atomic E-state index is 5.74. The van der Waals surface area contributed by atoms with Crippen LogP contribution in [0.5, 0.6) is 0 Å². The van der Waals surface area contributed by atoms with Gasteiger partial charge in [-0.3, -0.25) is 0 Å². The van der Waals surface area contributed by atoms with Crippen molar-refractivity contribution in [2.24, 2.45) is 5.73 Å². The van der Waals surface area contributed by atoms with Crippen molar-refractivity contribution in [3.8, 4) is 0 Å². The summed E-state index contributed by atoms with van der Waals surface area (Å²) in [7, 11) is 0. The van der Waals surface area contributed by atoms with Crippen LogP contribution in [0, 0.1) is 0 Å². The summed E-state index contributed by atoms with van der Waals surface area (Å²) >= 11 is 0. The Morgan fingerprint density at radius 1 is 1.22 bits per heavy atom. The Morgan fingerprint density at radius 3 is 2.50 bits per heavy atom. The molecule has 18 heavy (non-hydrogen) atoms. The number of rotatable bonds is 11. The largest absolute Gasteiger partial charge is 0.376 e. The quantitative estimate of drug-likeness (QED) is 0.492. The molecule has 0 bridgehead atoms. The Labute approximate surface area is 113 Å². The van der Waals surface area contributed by atoms with Crippen molar-refractivity contribution < 1.29 is 4.74 Å². The van der Waals surface area contributed by atoms with Crippen LogP contribution < -0.4 is 16.4 Å². The summed E-state index contributed by atoms with van der Waals surface area (Å²) in [5.74, 6) is 0. The Morgan fingerprint density at radius 2 is 1.94 bits per heavy atom. The number of hydrogen-bond donors (Lipinski definition) is 3. The van der Waals surface area contributed by atoms with Crippen LogP contribution in [-0.4, -0.2) is 44.4 Å². The van der Waals surface area contributed by atoms with E-state index in [1.165, 1.54) is 0 Å². The predicted molar refractivity (Wildman–Crippen MR) is 78.9 cm³/mol. The summed E-state index contributed by atoms with van der Waals surface area (Å²) in [6.07, 6.45) is 3.30. The molecular weight excluding hydrogens is 226 g/mol. The van der Waals surface area contributed by atoms with E-state index < -0.39 is 0 Å². The van der Waals surface area contributed by atoms with E-state index in [2.05, 4.69) is 38.3 Å². The van der Waals surface area contributed by atoms with Gasteiger partial charge < -0.3 is 21.1 Å².